The van der Waals surface area contributed by atoms with E-state index in [-0.39, 0.29) is 23.9 Å². The van der Waals surface area contributed by atoms with Gasteiger partial charge in [0.25, 0.3) is 11.8 Å². The highest BCUT2D eigenvalue weighted by molar-refractivity contribution is 5.96. The average Bonchev–Trinajstić information content (AvgIpc) is 3.26. The minimum Gasteiger partial charge on any atom is -0.496 e. The van der Waals surface area contributed by atoms with Gasteiger partial charge in [-0.15, -0.1) is 0 Å². The number of amides is 2. The average molecular weight is 559 g/mol. The van der Waals surface area contributed by atoms with Crippen LogP contribution in [-0.2, 0) is 0 Å². The lowest BCUT2D eigenvalue weighted by Gasteiger charge is -2.40. The van der Waals surface area contributed by atoms with Crippen molar-refractivity contribution in [2.45, 2.75) is 63.7 Å². The normalized spacial score (nSPS) is 20.2. The van der Waals surface area contributed by atoms with Gasteiger partial charge in [-0.2, -0.15) is 0 Å². The van der Waals surface area contributed by atoms with E-state index in [0.29, 0.717) is 40.5 Å². The van der Waals surface area contributed by atoms with Crippen molar-refractivity contribution in [3.63, 3.8) is 0 Å². The first kappa shape index (κ1) is 28.3. The zero-order valence-corrected chi connectivity index (χ0v) is 24.3. The molecule has 2 aliphatic rings. The number of carbonyl (C=O) groups is 2. The lowest BCUT2D eigenvalue weighted by molar-refractivity contribution is 0.0922. The highest BCUT2D eigenvalue weighted by atomic mass is 16.5. The molecule has 2 aromatic carbocycles. The lowest BCUT2D eigenvalue weighted by atomic mass is 9.96. The van der Waals surface area contributed by atoms with Crippen molar-refractivity contribution in [3.05, 3.63) is 77.0 Å². The topological polar surface area (TPSA) is 102 Å². The maximum Gasteiger partial charge on any atom is 0.253 e. The Morgan fingerprint density at radius 3 is 2.24 bits per heavy atom. The van der Waals surface area contributed by atoms with Crippen LogP contribution >= 0.6 is 0 Å². The highest BCUT2D eigenvalue weighted by Crippen LogP contribution is 2.39. The summed E-state index contributed by atoms with van der Waals surface area (Å²) in [5.41, 5.74) is 2.91. The number of aromatic nitrogens is 1. The summed E-state index contributed by atoms with van der Waals surface area (Å²) in [7, 11) is 4.80. The zero-order valence-electron chi connectivity index (χ0n) is 24.3. The maximum absolute atomic E-state index is 13.1. The molecule has 0 saturated carbocycles. The van der Waals surface area contributed by atoms with Gasteiger partial charge in [-0.05, 0) is 81.5 Å². The molecule has 0 spiro atoms. The van der Waals surface area contributed by atoms with E-state index in [1.54, 1.807) is 27.5 Å². The molecule has 2 saturated heterocycles. The first-order chi connectivity index (χ1) is 19.8. The Kier molecular flexibility index (Phi) is 8.33. The van der Waals surface area contributed by atoms with E-state index in [1.807, 2.05) is 62.4 Å². The largest absolute Gasteiger partial charge is 0.496 e. The molecule has 4 atom stereocenters. The number of carbonyl (C=O) groups excluding carboxylic acids is 2. The van der Waals surface area contributed by atoms with Crippen LogP contribution in [0.2, 0.25) is 0 Å². The Morgan fingerprint density at radius 1 is 0.902 bits per heavy atom. The number of benzene rings is 2. The number of nitrogens with zero attached hydrogens (tertiary/aromatic N) is 2. The van der Waals surface area contributed by atoms with E-state index in [0.717, 1.165) is 42.6 Å². The number of rotatable bonds is 9. The second kappa shape index (κ2) is 12.1. The van der Waals surface area contributed by atoms with Gasteiger partial charge in [0.2, 0.25) is 0 Å². The number of piperidine rings is 1. The number of hydrogen-bond acceptors (Lipinski definition) is 7. The van der Waals surface area contributed by atoms with E-state index in [1.165, 1.54) is 0 Å². The maximum atomic E-state index is 13.1. The fourth-order valence-electron chi connectivity index (χ4n) is 6.17. The number of nitrogens with one attached hydrogen (secondary N) is 2. The Labute approximate surface area is 241 Å². The number of ether oxygens (including phenoxy) is 3. The molecule has 2 amide bonds. The molecule has 9 nitrogen and oxygen atoms in total. The smallest absolute Gasteiger partial charge is 0.253 e. The molecule has 5 rings (SSSR count). The van der Waals surface area contributed by atoms with Crippen molar-refractivity contribution in [2.75, 3.05) is 26.2 Å². The van der Waals surface area contributed by atoms with Gasteiger partial charge in [0.15, 0.2) is 11.5 Å². The summed E-state index contributed by atoms with van der Waals surface area (Å²) in [6.07, 6.45) is 5.48. The van der Waals surface area contributed by atoms with E-state index in [9.17, 15) is 9.59 Å². The van der Waals surface area contributed by atoms with Crippen LogP contribution in [0.4, 0.5) is 5.82 Å². The molecular formula is C32H38N4O5. The summed E-state index contributed by atoms with van der Waals surface area (Å²) in [5, 5.41) is 6.30. The molecule has 216 valence electrons. The van der Waals surface area contributed by atoms with Gasteiger partial charge in [0, 0.05) is 35.4 Å². The van der Waals surface area contributed by atoms with Gasteiger partial charge in [0.1, 0.15) is 11.6 Å². The van der Waals surface area contributed by atoms with Crippen LogP contribution in [0.5, 0.6) is 17.2 Å². The fraction of sp³-hybridized carbons (Fsp3) is 0.406. The van der Waals surface area contributed by atoms with Crippen LogP contribution in [0.15, 0.2) is 54.7 Å². The standard InChI is InChI=1S/C32H38N4O5/c1-19-26(7-6-8-27(19)39-3)32(38)35-23-16-24-11-12-25(17-23)36(24)30-14-10-22(18-33-30)31(37)34-20(2)21-9-13-28(40-4)29(15-21)41-5/h6-10,13-15,18,20,23-25H,11-12,16-17H2,1-5H3,(H,34,37)(H,35,38)/t20?,23-,24+,25-. The van der Waals surface area contributed by atoms with E-state index >= 15 is 0 Å². The van der Waals surface area contributed by atoms with E-state index in [2.05, 4.69) is 20.5 Å². The summed E-state index contributed by atoms with van der Waals surface area (Å²) in [4.78, 5) is 33.1. The second-order valence-corrected chi connectivity index (χ2v) is 10.8. The lowest BCUT2D eigenvalue weighted by Crippen LogP contribution is -2.50. The van der Waals surface area contributed by atoms with Crippen LogP contribution in [0.1, 0.15) is 70.5 Å². The Morgan fingerprint density at radius 2 is 1.61 bits per heavy atom. The van der Waals surface area contributed by atoms with E-state index < -0.39 is 0 Å². The van der Waals surface area contributed by atoms with Crippen LogP contribution in [0.3, 0.4) is 0 Å². The molecule has 2 bridgehead atoms. The first-order valence-electron chi connectivity index (χ1n) is 14.0. The summed E-state index contributed by atoms with van der Waals surface area (Å²) < 4.78 is 16.1. The molecule has 2 aliphatic heterocycles. The third-order valence-corrected chi connectivity index (χ3v) is 8.35. The molecular weight excluding hydrogens is 520 g/mol. The number of anilines is 1. The summed E-state index contributed by atoms with van der Waals surface area (Å²) in [6.45, 7) is 3.84. The van der Waals surface area contributed by atoms with Crippen molar-refractivity contribution in [3.8, 4) is 17.2 Å². The predicted octanol–water partition coefficient (Wildman–Crippen LogP) is 4.84. The summed E-state index contributed by atoms with van der Waals surface area (Å²) in [6, 6.07) is 15.4. The SMILES string of the molecule is COc1ccc(C(C)NC(=O)c2ccc(N3[C@@H]4CC[C@H]3C[C@@H](NC(=O)c3cccc(OC)c3C)C4)nc2)cc1OC. The highest BCUT2D eigenvalue weighted by Gasteiger charge is 2.42. The Balaban J connectivity index is 1.20. The van der Waals surface area contributed by atoms with Crippen LogP contribution in [-0.4, -0.2) is 56.3 Å². The molecule has 0 aliphatic carbocycles. The van der Waals surface area contributed by atoms with E-state index in [4.69, 9.17) is 14.2 Å². The third-order valence-electron chi connectivity index (χ3n) is 8.35. The molecule has 0 radical (unpaired) electrons. The third kappa shape index (κ3) is 5.80. The molecule has 3 aromatic rings. The fourth-order valence-corrected chi connectivity index (χ4v) is 6.17. The van der Waals surface area contributed by atoms with Crippen LogP contribution in [0, 0.1) is 6.92 Å². The van der Waals surface area contributed by atoms with Crippen LogP contribution < -0.4 is 29.7 Å². The van der Waals surface area contributed by atoms with Crippen molar-refractivity contribution in [2.24, 2.45) is 0 Å². The minimum absolute atomic E-state index is 0.0601. The monoisotopic (exact) mass is 558 g/mol. The van der Waals surface area contributed by atoms with Gasteiger partial charge in [-0.25, -0.2) is 4.98 Å². The minimum atomic E-state index is -0.229. The molecule has 3 heterocycles. The zero-order chi connectivity index (χ0) is 29.1. The van der Waals surface area contributed by atoms with Crippen molar-refractivity contribution in [1.82, 2.24) is 15.6 Å². The summed E-state index contributed by atoms with van der Waals surface area (Å²) >= 11 is 0. The Hall–Kier alpha value is -4.27. The van der Waals surface area contributed by atoms with Gasteiger partial charge in [-0.1, -0.05) is 12.1 Å². The van der Waals surface area contributed by atoms with Gasteiger partial charge < -0.3 is 29.7 Å². The van der Waals surface area contributed by atoms with Crippen molar-refractivity contribution in [1.29, 1.82) is 0 Å². The van der Waals surface area contributed by atoms with Crippen LogP contribution in [0.25, 0.3) is 0 Å². The quantitative estimate of drug-likeness (QED) is 0.388. The molecule has 41 heavy (non-hydrogen) atoms. The van der Waals surface area contributed by atoms with Gasteiger partial charge in [-0.3, -0.25) is 9.59 Å². The first-order valence-corrected chi connectivity index (χ1v) is 14.0. The molecule has 1 aromatic heterocycles. The summed E-state index contributed by atoms with van der Waals surface area (Å²) in [5.74, 6) is 2.59. The predicted molar refractivity (Wildman–Crippen MR) is 157 cm³/mol. The molecule has 2 fully saturated rings. The number of methoxy groups -OCH3 is 3. The molecule has 2 N–H and O–H groups in total. The second-order valence-electron chi connectivity index (χ2n) is 10.8. The molecule has 9 heteroatoms. The van der Waals surface area contributed by atoms with Crippen molar-refractivity contribution < 1.29 is 23.8 Å². The van der Waals surface area contributed by atoms with Gasteiger partial charge >= 0.3 is 0 Å². The van der Waals surface area contributed by atoms with Gasteiger partial charge in [0.05, 0.1) is 32.9 Å². The Bertz CT molecular complexity index is 1400. The number of hydrogen-bond donors (Lipinski definition) is 2. The number of fused-ring (bicyclic) bond motifs is 2. The molecule has 1 unspecified atom stereocenters. The van der Waals surface area contributed by atoms with Crippen molar-refractivity contribution >= 4 is 17.6 Å². The number of pyridine rings is 1.